The highest BCUT2D eigenvalue weighted by atomic mass is 16.5. The Morgan fingerprint density at radius 3 is 3.09 bits per heavy atom. The first-order valence-electron chi connectivity index (χ1n) is 7.64. The van der Waals surface area contributed by atoms with Gasteiger partial charge in [0.05, 0.1) is 5.52 Å². The van der Waals surface area contributed by atoms with Gasteiger partial charge >= 0.3 is 0 Å². The lowest BCUT2D eigenvalue weighted by molar-refractivity contribution is 0.0947. The highest BCUT2D eigenvalue weighted by Crippen LogP contribution is 2.23. The Labute approximate surface area is 128 Å². The van der Waals surface area contributed by atoms with Gasteiger partial charge in [0, 0.05) is 38.4 Å². The second kappa shape index (κ2) is 6.32. The molecule has 1 aliphatic rings. The number of aryl methyl sites for hydroxylation is 2. The van der Waals surface area contributed by atoms with Crippen LogP contribution in [0.4, 0.5) is 0 Å². The van der Waals surface area contributed by atoms with E-state index in [1.165, 1.54) is 5.56 Å². The number of carbonyl (C=O) groups is 1. The maximum atomic E-state index is 12.6. The molecule has 116 valence electrons. The number of methoxy groups -OCH3 is 1. The fourth-order valence-electron chi connectivity index (χ4n) is 3.03. The van der Waals surface area contributed by atoms with Crippen LogP contribution in [0.1, 0.15) is 28.8 Å². The maximum absolute atomic E-state index is 12.6. The van der Waals surface area contributed by atoms with E-state index in [1.807, 2.05) is 16.7 Å². The van der Waals surface area contributed by atoms with Crippen LogP contribution in [0.3, 0.4) is 0 Å². The molecule has 0 bridgehead atoms. The van der Waals surface area contributed by atoms with Crippen LogP contribution in [-0.2, 0) is 17.7 Å². The van der Waals surface area contributed by atoms with Crippen molar-refractivity contribution >= 4 is 16.8 Å². The normalized spacial score (nSPS) is 13.3. The van der Waals surface area contributed by atoms with Gasteiger partial charge in [-0.05, 0) is 30.9 Å². The lowest BCUT2D eigenvalue weighted by Crippen LogP contribution is -2.31. The number of carbonyl (C=O) groups excluding carboxylic acids is 1. The third kappa shape index (κ3) is 2.64. The molecule has 0 spiro atoms. The SMILES string of the molecule is COCCCNC(=O)c1cn2c3c(cccc3c1=O)CCC2. The maximum Gasteiger partial charge on any atom is 0.256 e. The minimum Gasteiger partial charge on any atom is -0.385 e. The number of hydrogen-bond acceptors (Lipinski definition) is 3. The van der Waals surface area contributed by atoms with Gasteiger partial charge in [-0.3, -0.25) is 9.59 Å². The summed E-state index contributed by atoms with van der Waals surface area (Å²) in [4.78, 5) is 24.9. The number of pyridine rings is 1. The number of nitrogens with zero attached hydrogens (tertiary/aromatic N) is 1. The fourth-order valence-corrected chi connectivity index (χ4v) is 3.03. The van der Waals surface area contributed by atoms with E-state index >= 15 is 0 Å². The average molecular weight is 300 g/mol. The predicted molar refractivity (Wildman–Crippen MR) is 85.4 cm³/mol. The Morgan fingerprint density at radius 1 is 1.41 bits per heavy atom. The molecule has 2 aromatic rings. The second-order valence-corrected chi connectivity index (χ2v) is 5.58. The molecule has 0 unspecified atom stereocenters. The van der Waals surface area contributed by atoms with Crippen LogP contribution in [-0.4, -0.2) is 30.7 Å². The van der Waals surface area contributed by atoms with Crippen LogP contribution < -0.4 is 10.7 Å². The number of ether oxygens (including phenoxy) is 1. The number of nitrogens with one attached hydrogen (secondary N) is 1. The van der Waals surface area contributed by atoms with Crippen molar-refractivity contribution in [3.05, 3.63) is 45.7 Å². The number of amides is 1. The van der Waals surface area contributed by atoms with E-state index in [4.69, 9.17) is 4.74 Å². The Hall–Kier alpha value is -2.14. The van der Waals surface area contributed by atoms with Gasteiger partial charge < -0.3 is 14.6 Å². The fraction of sp³-hybridized carbons (Fsp3) is 0.412. The van der Waals surface area contributed by atoms with Crippen LogP contribution in [0.15, 0.2) is 29.2 Å². The van der Waals surface area contributed by atoms with Gasteiger partial charge in [-0.1, -0.05) is 12.1 Å². The highest BCUT2D eigenvalue weighted by Gasteiger charge is 2.18. The first-order valence-corrected chi connectivity index (χ1v) is 7.64. The van der Waals surface area contributed by atoms with Gasteiger partial charge in [0.2, 0.25) is 5.43 Å². The molecule has 1 aromatic carbocycles. The zero-order valence-electron chi connectivity index (χ0n) is 12.7. The molecule has 0 fully saturated rings. The molecular weight excluding hydrogens is 280 g/mol. The summed E-state index contributed by atoms with van der Waals surface area (Å²) in [6, 6.07) is 5.77. The smallest absolute Gasteiger partial charge is 0.256 e. The van der Waals surface area contributed by atoms with Crippen LogP contribution in [0.2, 0.25) is 0 Å². The minimum absolute atomic E-state index is 0.181. The quantitative estimate of drug-likeness (QED) is 0.855. The molecule has 0 saturated heterocycles. The largest absolute Gasteiger partial charge is 0.385 e. The molecule has 1 aliphatic heterocycles. The van der Waals surface area contributed by atoms with Crippen LogP contribution in [0.25, 0.3) is 10.9 Å². The molecule has 0 radical (unpaired) electrons. The van der Waals surface area contributed by atoms with E-state index in [1.54, 1.807) is 13.3 Å². The molecule has 1 N–H and O–H groups in total. The Morgan fingerprint density at radius 2 is 2.27 bits per heavy atom. The zero-order chi connectivity index (χ0) is 15.5. The minimum atomic E-state index is -0.303. The molecule has 22 heavy (non-hydrogen) atoms. The Balaban J connectivity index is 1.96. The van der Waals surface area contributed by atoms with Crippen molar-refractivity contribution < 1.29 is 9.53 Å². The molecule has 2 heterocycles. The van der Waals surface area contributed by atoms with Crippen molar-refractivity contribution in [1.82, 2.24) is 9.88 Å². The van der Waals surface area contributed by atoms with Crippen LogP contribution in [0.5, 0.6) is 0 Å². The molecule has 5 heteroatoms. The van der Waals surface area contributed by atoms with Gasteiger partial charge in [0.15, 0.2) is 0 Å². The summed E-state index contributed by atoms with van der Waals surface area (Å²) in [5.41, 5.74) is 2.21. The van der Waals surface area contributed by atoms with Crippen molar-refractivity contribution in [3.63, 3.8) is 0 Å². The van der Waals surface area contributed by atoms with E-state index in [-0.39, 0.29) is 16.9 Å². The molecule has 0 atom stereocenters. The first-order chi connectivity index (χ1) is 10.7. The molecule has 5 nitrogen and oxygen atoms in total. The van der Waals surface area contributed by atoms with E-state index < -0.39 is 0 Å². The van der Waals surface area contributed by atoms with Crippen LogP contribution in [0, 0.1) is 0 Å². The molecule has 0 aliphatic carbocycles. The van der Waals surface area contributed by atoms with E-state index in [9.17, 15) is 9.59 Å². The van der Waals surface area contributed by atoms with E-state index in [0.29, 0.717) is 18.5 Å². The van der Waals surface area contributed by atoms with Gasteiger partial charge in [-0.25, -0.2) is 0 Å². The van der Waals surface area contributed by atoms with Gasteiger partial charge in [0.25, 0.3) is 5.91 Å². The van der Waals surface area contributed by atoms with Crippen molar-refractivity contribution in [2.75, 3.05) is 20.3 Å². The third-order valence-corrected chi connectivity index (χ3v) is 4.08. The van der Waals surface area contributed by atoms with E-state index in [0.717, 1.165) is 31.3 Å². The lowest BCUT2D eigenvalue weighted by atomic mass is 10.00. The van der Waals surface area contributed by atoms with Crippen molar-refractivity contribution in [1.29, 1.82) is 0 Å². The molecule has 0 saturated carbocycles. The first kappa shape index (κ1) is 14.8. The third-order valence-electron chi connectivity index (χ3n) is 4.08. The lowest BCUT2D eigenvalue weighted by Gasteiger charge is -2.20. The highest BCUT2D eigenvalue weighted by molar-refractivity contribution is 5.97. The number of benzene rings is 1. The molecule has 1 amide bonds. The van der Waals surface area contributed by atoms with Crippen molar-refractivity contribution in [2.45, 2.75) is 25.8 Å². The van der Waals surface area contributed by atoms with Gasteiger partial charge in [0.1, 0.15) is 5.56 Å². The number of para-hydroxylation sites is 1. The van der Waals surface area contributed by atoms with Crippen molar-refractivity contribution in [3.8, 4) is 0 Å². The summed E-state index contributed by atoms with van der Waals surface area (Å²) in [6.45, 7) is 1.94. The van der Waals surface area contributed by atoms with Gasteiger partial charge in [-0.15, -0.1) is 0 Å². The summed E-state index contributed by atoms with van der Waals surface area (Å²) in [7, 11) is 1.62. The number of hydrogen-bond donors (Lipinski definition) is 1. The van der Waals surface area contributed by atoms with Crippen LogP contribution >= 0.6 is 0 Å². The zero-order valence-corrected chi connectivity index (χ0v) is 12.7. The van der Waals surface area contributed by atoms with Crippen molar-refractivity contribution in [2.24, 2.45) is 0 Å². The number of rotatable bonds is 5. The molecular formula is C17H20N2O3. The molecule has 1 aromatic heterocycles. The second-order valence-electron chi connectivity index (χ2n) is 5.58. The summed E-state index contributed by atoms with van der Waals surface area (Å²) >= 11 is 0. The summed E-state index contributed by atoms with van der Waals surface area (Å²) in [5, 5.41) is 3.43. The Bertz CT molecular complexity index is 764. The topological polar surface area (TPSA) is 60.3 Å². The number of aromatic nitrogens is 1. The van der Waals surface area contributed by atoms with E-state index in [2.05, 4.69) is 11.4 Å². The average Bonchev–Trinajstić information content (AvgIpc) is 2.54. The summed E-state index contributed by atoms with van der Waals surface area (Å²) in [6.07, 6.45) is 4.45. The Kier molecular flexibility index (Phi) is 4.24. The monoisotopic (exact) mass is 300 g/mol. The summed E-state index contributed by atoms with van der Waals surface area (Å²) < 4.78 is 6.99. The standard InChI is InChI=1S/C17H20N2O3/c1-22-10-4-8-18-17(21)14-11-19-9-3-6-12-5-2-7-13(15(12)19)16(14)20/h2,5,7,11H,3-4,6,8-10H2,1H3,(H,18,21). The summed E-state index contributed by atoms with van der Waals surface area (Å²) in [5.74, 6) is -0.303. The molecule has 3 rings (SSSR count). The predicted octanol–water partition coefficient (Wildman–Crippen LogP) is 1.71. The van der Waals surface area contributed by atoms with Gasteiger partial charge in [-0.2, -0.15) is 0 Å².